The van der Waals surface area contributed by atoms with Gasteiger partial charge in [-0.3, -0.25) is 0 Å². The van der Waals surface area contributed by atoms with Crippen LogP contribution in [0, 0.1) is 23.7 Å². The van der Waals surface area contributed by atoms with E-state index in [0.717, 1.165) is 38.0 Å². The molecule has 2 aliphatic rings. The van der Waals surface area contributed by atoms with E-state index in [1.165, 1.54) is 12.8 Å². The van der Waals surface area contributed by atoms with Crippen molar-refractivity contribution >= 4 is 0 Å². The van der Waals surface area contributed by atoms with Gasteiger partial charge >= 0.3 is 0 Å². The fourth-order valence-electron chi connectivity index (χ4n) is 3.75. The zero-order valence-corrected chi connectivity index (χ0v) is 11.2. The predicted octanol–water partition coefficient (Wildman–Crippen LogP) is 4.93. The van der Waals surface area contributed by atoms with Crippen molar-refractivity contribution in [2.24, 2.45) is 23.7 Å². The molecule has 2 saturated carbocycles. The lowest BCUT2D eigenvalue weighted by atomic mass is 9.73. The summed E-state index contributed by atoms with van der Waals surface area (Å²) in [7, 11) is 0. The second-order valence-corrected chi connectivity index (χ2v) is 6.48. The zero-order chi connectivity index (χ0) is 12.4. The van der Waals surface area contributed by atoms with Gasteiger partial charge in [0.25, 0.3) is 0 Å². The number of alkyl halides is 2. The van der Waals surface area contributed by atoms with Crippen LogP contribution >= 0.6 is 0 Å². The maximum Gasteiger partial charge on any atom is 0.134 e. The van der Waals surface area contributed by atoms with E-state index in [0.29, 0.717) is 5.92 Å². The Morgan fingerprint density at radius 3 is 2.06 bits per heavy atom. The molecular formula is C15H26F2. The third kappa shape index (κ3) is 3.00. The predicted molar refractivity (Wildman–Crippen MR) is 67.4 cm³/mol. The van der Waals surface area contributed by atoms with Crippen LogP contribution in [0.25, 0.3) is 0 Å². The van der Waals surface area contributed by atoms with Crippen molar-refractivity contribution in [2.45, 2.75) is 71.1 Å². The average molecular weight is 244 g/mol. The largest absolute Gasteiger partial charge is 0.244 e. The van der Waals surface area contributed by atoms with Crippen LogP contribution in [0.3, 0.4) is 0 Å². The Bertz CT molecular complexity index is 233. The lowest BCUT2D eigenvalue weighted by Gasteiger charge is -2.34. The zero-order valence-electron chi connectivity index (χ0n) is 11.2. The van der Waals surface area contributed by atoms with Gasteiger partial charge < -0.3 is 0 Å². The topological polar surface area (TPSA) is 0 Å². The van der Waals surface area contributed by atoms with Gasteiger partial charge in [0.2, 0.25) is 0 Å². The Hall–Kier alpha value is -0.140. The second-order valence-electron chi connectivity index (χ2n) is 6.48. The first-order chi connectivity index (χ1) is 8.09. The summed E-state index contributed by atoms with van der Waals surface area (Å²) in [5, 5.41) is 0. The highest BCUT2D eigenvalue weighted by Gasteiger charge is 2.40. The van der Waals surface area contributed by atoms with Gasteiger partial charge in [-0.2, -0.15) is 0 Å². The number of rotatable bonds is 1. The molecular weight excluding hydrogens is 218 g/mol. The Morgan fingerprint density at radius 2 is 1.41 bits per heavy atom. The molecule has 0 N–H and O–H groups in total. The number of halogens is 2. The van der Waals surface area contributed by atoms with Crippen LogP contribution in [-0.2, 0) is 0 Å². The monoisotopic (exact) mass is 244 g/mol. The Balaban J connectivity index is 1.99. The Morgan fingerprint density at radius 1 is 0.765 bits per heavy atom. The molecule has 2 rings (SSSR count). The standard InChI is InChI=1S/C15H26F2/c1-10-6-8-12(9-7-10)13-5-3-4-11(2)14(16)15(13)17/h10-15H,3-9H2,1-2H3. The van der Waals surface area contributed by atoms with E-state index < -0.39 is 12.3 Å². The van der Waals surface area contributed by atoms with E-state index in [4.69, 9.17) is 0 Å². The highest BCUT2D eigenvalue weighted by molar-refractivity contribution is 4.89. The smallest absolute Gasteiger partial charge is 0.134 e. The second kappa shape index (κ2) is 5.67. The lowest BCUT2D eigenvalue weighted by Crippen LogP contribution is -2.34. The molecule has 0 spiro atoms. The van der Waals surface area contributed by atoms with Gasteiger partial charge in [-0.05, 0) is 49.4 Å². The van der Waals surface area contributed by atoms with Crippen molar-refractivity contribution in [1.82, 2.24) is 0 Å². The third-order valence-electron chi connectivity index (χ3n) is 5.12. The molecule has 0 aromatic heterocycles. The first-order valence-electron chi connectivity index (χ1n) is 7.37. The molecule has 0 radical (unpaired) electrons. The third-order valence-corrected chi connectivity index (χ3v) is 5.12. The van der Waals surface area contributed by atoms with Crippen LogP contribution in [0.15, 0.2) is 0 Å². The normalized spacial score (nSPS) is 48.7. The maximum atomic E-state index is 14.3. The molecule has 0 saturated heterocycles. The van der Waals surface area contributed by atoms with Crippen LogP contribution < -0.4 is 0 Å². The molecule has 100 valence electrons. The van der Waals surface area contributed by atoms with Crippen LogP contribution in [0.4, 0.5) is 8.78 Å². The van der Waals surface area contributed by atoms with Gasteiger partial charge in [-0.15, -0.1) is 0 Å². The summed E-state index contributed by atoms with van der Waals surface area (Å²) in [5.41, 5.74) is 0. The molecule has 0 bridgehead atoms. The number of hydrogen-bond donors (Lipinski definition) is 0. The fourth-order valence-corrected chi connectivity index (χ4v) is 3.75. The molecule has 2 fully saturated rings. The Labute approximate surface area is 104 Å². The fraction of sp³-hybridized carbons (Fsp3) is 1.00. The lowest BCUT2D eigenvalue weighted by molar-refractivity contribution is 0.0447. The van der Waals surface area contributed by atoms with Crippen molar-refractivity contribution < 1.29 is 8.78 Å². The summed E-state index contributed by atoms with van der Waals surface area (Å²) in [6, 6.07) is 0. The SMILES string of the molecule is CC1CCC(C2CCCC(C)C(F)C2F)CC1. The van der Waals surface area contributed by atoms with Gasteiger partial charge in [-0.1, -0.05) is 33.1 Å². The van der Waals surface area contributed by atoms with Crippen LogP contribution in [-0.4, -0.2) is 12.3 Å². The highest BCUT2D eigenvalue weighted by Crippen LogP contribution is 2.42. The molecule has 0 amide bonds. The summed E-state index contributed by atoms with van der Waals surface area (Å²) in [4.78, 5) is 0. The van der Waals surface area contributed by atoms with Crippen LogP contribution in [0.2, 0.25) is 0 Å². The first-order valence-corrected chi connectivity index (χ1v) is 7.37. The van der Waals surface area contributed by atoms with Crippen molar-refractivity contribution in [3.63, 3.8) is 0 Å². The highest BCUT2D eigenvalue weighted by atomic mass is 19.2. The average Bonchev–Trinajstić information content (AvgIpc) is 2.44. The molecule has 17 heavy (non-hydrogen) atoms. The molecule has 0 aromatic carbocycles. The van der Waals surface area contributed by atoms with E-state index in [1.54, 1.807) is 0 Å². The molecule has 0 aromatic rings. The summed E-state index contributed by atoms with van der Waals surface area (Å²) in [5.74, 6) is 1.15. The molecule has 4 unspecified atom stereocenters. The first kappa shape index (κ1) is 13.3. The van der Waals surface area contributed by atoms with Crippen molar-refractivity contribution in [3.05, 3.63) is 0 Å². The van der Waals surface area contributed by atoms with E-state index in [1.807, 2.05) is 6.92 Å². The van der Waals surface area contributed by atoms with Gasteiger partial charge in [0, 0.05) is 0 Å². The van der Waals surface area contributed by atoms with Gasteiger partial charge in [0.15, 0.2) is 0 Å². The summed E-state index contributed by atoms with van der Waals surface area (Å²) in [6.07, 6.45) is 5.01. The van der Waals surface area contributed by atoms with Gasteiger partial charge in [0.05, 0.1) is 0 Å². The quantitative estimate of drug-likeness (QED) is 0.574. The molecule has 0 nitrogen and oxygen atoms in total. The van der Waals surface area contributed by atoms with Crippen molar-refractivity contribution in [3.8, 4) is 0 Å². The Kier molecular flexibility index (Phi) is 4.43. The summed E-state index contributed by atoms with van der Waals surface area (Å²) >= 11 is 0. The van der Waals surface area contributed by atoms with Gasteiger partial charge in [-0.25, -0.2) is 8.78 Å². The van der Waals surface area contributed by atoms with E-state index in [-0.39, 0.29) is 11.8 Å². The molecule has 0 heterocycles. The van der Waals surface area contributed by atoms with Gasteiger partial charge in [0.1, 0.15) is 12.3 Å². The minimum Gasteiger partial charge on any atom is -0.244 e. The van der Waals surface area contributed by atoms with Crippen LogP contribution in [0.1, 0.15) is 58.8 Å². The van der Waals surface area contributed by atoms with Crippen molar-refractivity contribution in [2.75, 3.05) is 0 Å². The van der Waals surface area contributed by atoms with Crippen molar-refractivity contribution in [1.29, 1.82) is 0 Å². The molecule has 4 atom stereocenters. The van der Waals surface area contributed by atoms with E-state index >= 15 is 0 Å². The molecule has 2 heteroatoms. The molecule has 0 aliphatic heterocycles. The minimum atomic E-state index is -1.22. The summed E-state index contributed by atoms with van der Waals surface area (Å²) < 4.78 is 28.2. The van der Waals surface area contributed by atoms with Crippen LogP contribution in [0.5, 0.6) is 0 Å². The van der Waals surface area contributed by atoms with E-state index in [9.17, 15) is 8.78 Å². The minimum absolute atomic E-state index is 0.00227. The molecule has 2 aliphatic carbocycles. The maximum absolute atomic E-state index is 14.3. The van der Waals surface area contributed by atoms with E-state index in [2.05, 4.69) is 6.92 Å². The number of hydrogen-bond acceptors (Lipinski definition) is 0. The summed E-state index contributed by atoms with van der Waals surface area (Å²) in [6.45, 7) is 4.14.